The van der Waals surface area contributed by atoms with E-state index >= 15 is 0 Å². The Labute approximate surface area is 447 Å². The summed E-state index contributed by atoms with van der Waals surface area (Å²) >= 11 is 7.74. The molecule has 0 atom stereocenters. The first kappa shape index (κ1) is 79.0. The number of alkyl halides is 1. The number of Topliss-reactive ketones (excluding diaryl/α,β-unsaturated/α-hetero) is 3. The maximum absolute atomic E-state index is 11.5. The third kappa shape index (κ3) is 89.9. The Morgan fingerprint density at radius 3 is 1.19 bits per heavy atom. The molecule has 0 aromatic carbocycles. The molecular weight excluding hydrogens is 1010 g/mol. The third-order valence-electron chi connectivity index (χ3n) is 6.95. The fourth-order valence-corrected chi connectivity index (χ4v) is 6.54. The number of ketones is 3. The average Bonchev–Trinajstić information content (AvgIpc) is 3.00. The van der Waals surface area contributed by atoms with E-state index in [1.54, 1.807) is 11.8 Å². The second kappa shape index (κ2) is 35.7. The molecule has 0 aromatic heterocycles. The Balaban J connectivity index is -0.000000171. The van der Waals surface area contributed by atoms with Gasteiger partial charge in [0.1, 0.15) is 17.3 Å². The molecule has 0 saturated carbocycles. The largest absolute Gasteiger partial charge is 0.370 e. The zero-order valence-corrected chi connectivity index (χ0v) is 55.4. The summed E-state index contributed by atoms with van der Waals surface area (Å²) in [5.41, 5.74) is 0.965. The van der Waals surface area contributed by atoms with Crippen LogP contribution in [0.3, 0.4) is 0 Å². The highest BCUT2D eigenvalue weighted by Crippen LogP contribution is 2.27. The molecule has 0 spiro atoms. The van der Waals surface area contributed by atoms with E-state index in [0.29, 0.717) is 45.4 Å². The van der Waals surface area contributed by atoms with Gasteiger partial charge in [0.05, 0.1) is 42.9 Å². The molecule has 7 nitrogen and oxygen atoms in total. The monoisotopic (exact) mass is 1120 g/mol. The summed E-state index contributed by atoms with van der Waals surface area (Å²) in [5.74, 6) is 3.88. The van der Waals surface area contributed by atoms with E-state index in [1.165, 1.54) is 4.43 Å². The van der Waals surface area contributed by atoms with Gasteiger partial charge in [-0.1, -0.05) is 216 Å². The predicted molar refractivity (Wildman–Crippen MR) is 317 cm³/mol. The number of hydrogen-bond donors (Lipinski definition) is 0. The first-order valence-corrected chi connectivity index (χ1v) is 29.2. The van der Waals surface area contributed by atoms with Crippen LogP contribution < -0.4 is 0 Å². The Bertz CT molecular complexity index is 1190. The third-order valence-corrected chi connectivity index (χ3v) is 10.8. The molecule has 0 amide bonds. The summed E-state index contributed by atoms with van der Waals surface area (Å²) in [6.07, 6.45) is 1.26. The van der Waals surface area contributed by atoms with Crippen molar-refractivity contribution in [1.82, 2.24) is 5.06 Å². The standard InChI is InChI=1S/C12H22O2.C11H25NO.C11H22OS.2C10H22OS.C2H5I/c1-11(2,3)8-9(13)7-10(14)12(4,5)6;1-10(2,3)8-12(7)13-9-11(4,5)6;1-10(2,3)7-9(12)8-13-11(4,5)6;1-9(2,3)7-12-8-11-10(4,5)6;1-9(2,3)7-11-8-12-10(4,5)6;1-2-3/h7-8H2,1-6H3;8-9H2,1-7H3;7-8H2,1-6H3;2*7-8H2,1-6H3;2H2,1H3. The van der Waals surface area contributed by atoms with Gasteiger partial charge in [-0.05, 0) is 57.7 Å². The van der Waals surface area contributed by atoms with E-state index in [4.69, 9.17) is 14.3 Å². The number of halogens is 1. The SMILES string of the molecule is CC(C)(C)CC(=O)CC(=O)C(C)(C)C.CC(C)(C)CC(=O)CSC(C)(C)C.CC(C)(C)COCSC(C)(C)C.CC(C)(C)CSCOC(C)(C)C.CCI.CN(CC(C)(C)C)OCC(C)(C)C. The van der Waals surface area contributed by atoms with E-state index in [-0.39, 0.29) is 44.6 Å². The van der Waals surface area contributed by atoms with Gasteiger partial charge in [0.15, 0.2) is 0 Å². The number of hydrogen-bond acceptors (Lipinski definition) is 10. The molecule has 0 N–H and O–H groups in total. The highest BCUT2D eigenvalue weighted by Gasteiger charge is 2.26. The van der Waals surface area contributed by atoms with Crippen LogP contribution in [0.5, 0.6) is 0 Å². The minimum absolute atomic E-state index is 0.00485. The number of nitrogens with zero attached hydrogens (tertiary/aromatic N) is 1. The van der Waals surface area contributed by atoms with Crippen molar-refractivity contribution in [2.45, 2.75) is 249 Å². The highest BCUT2D eigenvalue weighted by atomic mass is 127. The van der Waals surface area contributed by atoms with Gasteiger partial charge in [-0.3, -0.25) is 19.2 Å². The molecule has 0 aromatic rings. The van der Waals surface area contributed by atoms with Crippen molar-refractivity contribution >= 4 is 75.2 Å². The molecule has 0 saturated heterocycles. The van der Waals surface area contributed by atoms with Crippen LogP contribution in [0, 0.1) is 37.9 Å². The lowest BCUT2D eigenvalue weighted by atomic mass is 9.84. The summed E-state index contributed by atoms with van der Waals surface area (Å²) in [6.45, 7) is 68.4. The fourth-order valence-electron chi connectivity index (χ4n) is 4.19. The Hall–Kier alpha value is 0.630. The lowest BCUT2D eigenvalue weighted by Crippen LogP contribution is -2.32. The second-order valence-corrected chi connectivity index (χ2v) is 34.8. The van der Waals surface area contributed by atoms with Gasteiger partial charge in [-0.15, -0.1) is 35.3 Å². The van der Waals surface area contributed by atoms with Crippen LogP contribution in [0.1, 0.15) is 234 Å². The summed E-state index contributed by atoms with van der Waals surface area (Å²) in [6, 6.07) is 0. The zero-order valence-electron chi connectivity index (χ0n) is 50.8. The van der Waals surface area contributed by atoms with E-state index in [0.717, 1.165) is 37.4 Å². The van der Waals surface area contributed by atoms with E-state index in [2.05, 4.69) is 196 Å². The lowest BCUT2D eigenvalue weighted by Gasteiger charge is -2.28. The number of hydroxylamine groups is 2. The molecule has 0 radical (unpaired) electrons. The predicted octanol–water partition coefficient (Wildman–Crippen LogP) is 18.0. The van der Waals surface area contributed by atoms with Gasteiger partial charge in [0.2, 0.25) is 0 Å². The smallest absolute Gasteiger partial charge is 0.145 e. The number of carbonyl (C=O) groups excluding carboxylic acids is 3. The van der Waals surface area contributed by atoms with Crippen molar-refractivity contribution in [3.8, 4) is 0 Å². The summed E-state index contributed by atoms with van der Waals surface area (Å²) in [7, 11) is 2.00. The molecule has 67 heavy (non-hydrogen) atoms. The van der Waals surface area contributed by atoms with Crippen LogP contribution in [0.2, 0.25) is 0 Å². The van der Waals surface area contributed by atoms with Gasteiger partial charge in [0, 0.05) is 47.1 Å². The molecular formula is C56H118INO6S3. The van der Waals surface area contributed by atoms with Gasteiger partial charge >= 0.3 is 0 Å². The Morgan fingerprint density at radius 2 is 0.896 bits per heavy atom. The molecule has 0 heterocycles. The van der Waals surface area contributed by atoms with Crippen LogP contribution in [0.25, 0.3) is 0 Å². The number of rotatable bonds is 15. The van der Waals surface area contributed by atoms with Crippen molar-refractivity contribution in [2.24, 2.45) is 37.9 Å². The molecule has 0 bridgehead atoms. The van der Waals surface area contributed by atoms with E-state index in [9.17, 15) is 14.4 Å². The maximum Gasteiger partial charge on any atom is 0.145 e. The van der Waals surface area contributed by atoms with Crippen molar-refractivity contribution < 1.29 is 28.7 Å². The zero-order chi connectivity index (χ0) is 55.3. The van der Waals surface area contributed by atoms with Crippen LogP contribution in [0.15, 0.2) is 0 Å². The topological polar surface area (TPSA) is 82.1 Å². The molecule has 0 aliphatic carbocycles. The Morgan fingerprint density at radius 1 is 0.507 bits per heavy atom. The van der Waals surface area contributed by atoms with Crippen LogP contribution in [-0.2, 0) is 28.7 Å². The van der Waals surface area contributed by atoms with Crippen molar-refractivity contribution in [1.29, 1.82) is 0 Å². The fraction of sp³-hybridized carbons (Fsp3) is 0.946. The van der Waals surface area contributed by atoms with Crippen LogP contribution >= 0.6 is 57.9 Å². The minimum atomic E-state index is -0.395. The second-order valence-electron chi connectivity index (χ2n) is 28.8. The maximum atomic E-state index is 11.5. The molecule has 408 valence electrons. The van der Waals surface area contributed by atoms with Crippen LogP contribution in [0.4, 0.5) is 0 Å². The summed E-state index contributed by atoms with van der Waals surface area (Å²) in [4.78, 5) is 40.1. The number of ether oxygens (including phenoxy) is 2. The van der Waals surface area contributed by atoms with E-state index in [1.807, 2.05) is 77.2 Å². The Kier molecular flexibility index (Phi) is 42.1. The van der Waals surface area contributed by atoms with Crippen molar-refractivity contribution in [2.75, 3.05) is 54.6 Å². The number of thioether (sulfide) groups is 3. The quantitative estimate of drug-likeness (QED) is 0.0395. The van der Waals surface area contributed by atoms with Gasteiger partial charge in [-0.2, -0.15) is 5.06 Å². The summed E-state index contributed by atoms with van der Waals surface area (Å²) < 4.78 is 12.9. The minimum Gasteiger partial charge on any atom is -0.370 e. The van der Waals surface area contributed by atoms with Gasteiger partial charge in [-0.25, -0.2) is 0 Å². The molecule has 0 aliphatic heterocycles. The van der Waals surface area contributed by atoms with Gasteiger partial charge in [0.25, 0.3) is 0 Å². The van der Waals surface area contributed by atoms with Crippen LogP contribution in [-0.4, -0.2) is 92.1 Å². The van der Waals surface area contributed by atoms with Crippen molar-refractivity contribution in [3.05, 3.63) is 0 Å². The average molecular weight is 1120 g/mol. The normalized spacial score (nSPS) is 13.0. The van der Waals surface area contributed by atoms with Gasteiger partial charge < -0.3 is 9.47 Å². The highest BCUT2D eigenvalue weighted by molar-refractivity contribution is 14.1. The molecule has 0 aliphatic rings. The first-order chi connectivity index (χ1) is 29.1. The van der Waals surface area contributed by atoms with Crippen molar-refractivity contribution in [3.63, 3.8) is 0 Å². The number of carbonyl (C=O) groups is 3. The first-order valence-electron chi connectivity index (χ1n) is 24.6. The van der Waals surface area contributed by atoms with E-state index < -0.39 is 5.41 Å². The molecule has 0 rings (SSSR count). The lowest BCUT2D eigenvalue weighted by molar-refractivity contribution is -0.173. The summed E-state index contributed by atoms with van der Waals surface area (Å²) in [5, 5.41) is 1.94. The molecule has 11 heteroatoms. The molecule has 0 fully saturated rings. The molecule has 0 unspecified atom stereocenters.